The van der Waals surface area contributed by atoms with Crippen LogP contribution in [0.5, 0.6) is 0 Å². The Labute approximate surface area is 130 Å². The van der Waals surface area contributed by atoms with Crippen LogP contribution in [0.15, 0.2) is 18.2 Å². The minimum Gasteiger partial charge on any atom is -0.393 e. The zero-order chi connectivity index (χ0) is 14.7. The minimum absolute atomic E-state index is 0.150. The molecule has 0 unspecified atom stereocenters. The lowest BCUT2D eigenvalue weighted by Crippen LogP contribution is -2.42. The molecule has 0 aliphatic carbocycles. The van der Waals surface area contributed by atoms with E-state index in [0.29, 0.717) is 16.4 Å². The van der Waals surface area contributed by atoms with Crippen LogP contribution in [0.4, 0.5) is 0 Å². The van der Waals surface area contributed by atoms with Gasteiger partial charge >= 0.3 is 0 Å². The van der Waals surface area contributed by atoms with Crippen molar-refractivity contribution < 1.29 is 4.79 Å². The van der Waals surface area contributed by atoms with Gasteiger partial charge in [0.1, 0.15) is 0 Å². The number of aryl methyl sites for hydroxylation is 1. The number of carbonyl (C=O) groups excluding carboxylic acids is 1. The first-order valence-electron chi connectivity index (χ1n) is 6.79. The predicted molar refractivity (Wildman–Crippen MR) is 86.0 cm³/mol. The van der Waals surface area contributed by atoms with Crippen molar-refractivity contribution in [3.8, 4) is 0 Å². The second-order valence-electron chi connectivity index (χ2n) is 5.31. The van der Waals surface area contributed by atoms with E-state index < -0.39 is 0 Å². The Bertz CT molecular complexity index is 525. The van der Waals surface area contributed by atoms with Crippen LogP contribution in [-0.4, -0.2) is 28.9 Å². The van der Waals surface area contributed by atoms with Crippen molar-refractivity contribution in [2.75, 3.05) is 13.1 Å². The van der Waals surface area contributed by atoms with Crippen LogP contribution in [0.2, 0.25) is 5.02 Å². The first kappa shape index (κ1) is 15.3. The molecule has 1 aliphatic rings. The Morgan fingerprint density at radius 1 is 1.45 bits per heavy atom. The van der Waals surface area contributed by atoms with Gasteiger partial charge in [-0.25, -0.2) is 0 Å². The molecular weight excluding hydrogens is 292 g/mol. The third kappa shape index (κ3) is 3.70. The highest BCUT2D eigenvalue weighted by molar-refractivity contribution is 7.80. The third-order valence-corrected chi connectivity index (χ3v) is 4.47. The molecule has 2 rings (SSSR count). The van der Waals surface area contributed by atoms with Crippen LogP contribution in [0, 0.1) is 12.8 Å². The van der Waals surface area contributed by atoms with E-state index in [0.717, 1.165) is 37.1 Å². The van der Waals surface area contributed by atoms with E-state index in [2.05, 4.69) is 0 Å². The number of nitrogens with zero attached hydrogens (tertiary/aromatic N) is 1. The number of nitrogens with two attached hydrogens (primary N) is 1. The number of amides is 1. The number of hydrogen-bond acceptors (Lipinski definition) is 2. The van der Waals surface area contributed by atoms with Crippen LogP contribution >= 0.6 is 23.8 Å². The fraction of sp³-hybridized carbons (Fsp3) is 0.467. The quantitative estimate of drug-likeness (QED) is 0.873. The Morgan fingerprint density at radius 3 is 2.70 bits per heavy atom. The standard InChI is InChI=1S/C15H19ClN2OS/c1-10-2-3-13(16)8-12(10)9-14(19)18-6-4-11(5-7-18)15(17)20/h2-3,8,11H,4-7,9H2,1H3,(H2,17,20). The number of carbonyl (C=O) groups is 1. The summed E-state index contributed by atoms with van der Waals surface area (Å²) in [6.45, 7) is 3.47. The first-order chi connectivity index (χ1) is 9.47. The van der Waals surface area contributed by atoms with E-state index in [1.807, 2.05) is 30.0 Å². The molecule has 0 bridgehead atoms. The molecular formula is C15H19ClN2OS. The van der Waals surface area contributed by atoms with Gasteiger partial charge < -0.3 is 10.6 Å². The number of benzene rings is 1. The predicted octanol–water partition coefficient (Wildman–Crippen LogP) is 2.72. The summed E-state index contributed by atoms with van der Waals surface area (Å²) in [5.41, 5.74) is 7.76. The Kier molecular flexibility index (Phi) is 5.00. The molecule has 1 heterocycles. The molecule has 1 aliphatic heterocycles. The van der Waals surface area contributed by atoms with E-state index >= 15 is 0 Å². The lowest BCUT2D eigenvalue weighted by molar-refractivity contribution is -0.131. The van der Waals surface area contributed by atoms with E-state index in [-0.39, 0.29) is 11.8 Å². The maximum atomic E-state index is 12.3. The molecule has 0 saturated carbocycles. The van der Waals surface area contributed by atoms with E-state index in [1.165, 1.54) is 0 Å². The molecule has 0 spiro atoms. The minimum atomic E-state index is 0.150. The molecule has 5 heteroatoms. The smallest absolute Gasteiger partial charge is 0.227 e. The first-order valence-corrected chi connectivity index (χ1v) is 7.58. The van der Waals surface area contributed by atoms with Crippen molar-refractivity contribution in [3.63, 3.8) is 0 Å². The number of rotatable bonds is 3. The third-order valence-electron chi connectivity index (χ3n) is 3.90. The van der Waals surface area contributed by atoms with Crippen molar-refractivity contribution in [1.82, 2.24) is 4.90 Å². The van der Waals surface area contributed by atoms with Crippen LogP contribution in [0.25, 0.3) is 0 Å². The average Bonchev–Trinajstić information content (AvgIpc) is 2.43. The van der Waals surface area contributed by atoms with Gasteiger partial charge in [-0.1, -0.05) is 29.9 Å². The number of hydrogen-bond donors (Lipinski definition) is 1. The molecule has 2 N–H and O–H groups in total. The maximum absolute atomic E-state index is 12.3. The summed E-state index contributed by atoms with van der Waals surface area (Å²) in [5, 5.41) is 0.672. The molecule has 1 aromatic carbocycles. The molecule has 0 atom stereocenters. The molecule has 0 aromatic heterocycles. The number of thiocarbonyl (C=S) groups is 1. The summed E-state index contributed by atoms with van der Waals surface area (Å²) >= 11 is 11.0. The van der Waals surface area contributed by atoms with Crippen molar-refractivity contribution >= 4 is 34.7 Å². The number of halogens is 1. The average molecular weight is 311 g/mol. The largest absolute Gasteiger partial charge is 0.393 e. The lowest BCUT2D eigenvalue weighted by Gasteiger charge is -2.31. The Morgan fingerprint density at radius 2 is 2.10 bits per heavy atom. The highest BCUT2D eigenvalue weighted by atomic mass is 35.5. The summed E-state index contributed by atoms with van der Waals surface area (Å²) in [6, 6.07) is 5.67. The van der Waals surface area contributed by atoms with Crippen LogP contribution < -0.4 is 5.73 Å². The normalized spacial score (nSPS) is 16.2. The summed E-state index contributed by atoms with van der Waals surface area (Å²) in [7, 11) is 0. The Hall–Kier alpha value is -1.13. The molecule has 3 nitrogen and oxygen atoms in total. The molecule has 20 heavy (non-hydrogen) atoms. The van der Waals surface area contributed by atoms with Crippen LogP contribution in [-0.2, 0) is 11.2 Å². The van der Waals surface area contributed by atoms with Crippen LogP contribution in [0.1, 0.15) is 24.0 Å². The summed E-state index contributed by atoms with van der Waals surface area (Å²) in [5.74, 6) is 0.429. The van der Waals surface area contributed by atoms with Crippen molar-refractivity contribution in [2.24, 2.45) is 11.7 Å². The van der Waals surface area contributed by atoms with Gasteiger partial charge in [-0.05, 0) is 43.0 Å². The molecule has 0 radical (unpaired) electrons. The highest BCUT2D eigenvalue weighted by Crippen LogP contribution is 2.20. The van der Waals surface area contributed by atoms with Gasteiger partial charge in [0, 0.05) is 24.0 Å². The second kappa shape index (κ2) is 6.55. The van der Waals surface area contributed by atoms with Gasteiger partial charge in [0.15, 0.2) is 0 Å². The number of likely N-dealkylation sites (tertiary alicyclic amines) is 1. The molecule has 1 amide bonds. The molecule has 1 aromatic rings. The zero-order valence-electron chi connectivity index (χ0n) is 11.6. The SMILES string of the molecule is Cc1ccc(Cl)cc1CC(=O)N1CCC(C(N)=S)CC1. The monoisotopic (exact) mass is 310 g/mol. The highest BCUT2D eigenvalue weighted by Gasteiger charge is 2.24. The maximum Gasteiger partial charge on any atom is 0.227 e. The fourth-order valence-electron chi connectivity index (χ4n) is 2.52. The van der Waals surface area contributed by atoms with Gasteiger partial charge in [-0.2, -0.15) is 0 Å². The summed E-state index contributed by atoms with van der Waals surface area (Å²) in [4.78, 5) is 14.8. The van der Waals surface area contributed by atoms with Gasteiger partial charge in [-0.3, -0.25) is 4.79 Å². The zero-order valence-corrected chi connectivity index (χ0v) is 13.1. The van der Waals surface area contributed by atoms with E-state index in [1.54, 1.807) is 0 Å². The number of piperidine rings is 1. The molecule has 1 saturated heterocycles. The molecule has 1 fully saturated rings. The second-order valence-corrected chi connectivity index (χ2v) is 6.21. The van der Waals surface area contributed by atoms with Crippen LogP contribution in [0.3, 0.4) is 0 Å². The van der Waals surface area contributed by atoms with Crippen molar-refractivity contribution in [3.05, 3.63) is 34.3 Å². The van der Waals surface area contributed by atoms with E-state index in [4.69, 9.17) is 29.6 Å². The topological polar surface area (TPSA) is 46.3 Å². The summed E-state index contributed by atoms with van der Waals surface area (Å²) in [6.07, 6.45) is 2.15. The lowest BCUT2D eigenvalue weighted by atomic mass is 9.96. The van der Waals surface area contributed by atoms with E-state index in [9.17, 15) is 4.79 Å². The fourth-order valence-corrected chi connectivity index (χ4v) is 2.95. The van der Waals surface area contributed by atoms with Gasteiger partial charge in [0.25, 0.3) is 0 Å². The molecule has 108 valence electrons. The van der Waals surface area contributed by atoms with Crippen molar-refractivity contribution in [1.29, 1.82) is 0 Å². The van der Waals surface area contributed by atoms with Gasteiger partial charge in [0.05, 0.1) is 11.4 Å². The Balaban J connectivity index is 1.96. The van der Waals surface area contributed by atoms with Gasteiger partial charge in [-0.15, -0.1) is 0 Å². The summed E-state index contributed by atoms with van der Waals surface area (Å²) < 4.78 is 0. The van der Waals surface area contributed by atoms with Crippen molar-refractivity contribution in [2.45, 2.75) is 26.2 Å². The van der Waals surface area contributed by atoms with Gasteiger partial charge in [0.2, 0.25) is 5.91 Å².